The second-order valence-electron chi connectivity index (χ2n) is 18.1. The van der Waals surface area contributed by atoms with Gasteiger partial charge in [0.2, 0.25) is 0 Å². The minimum atomic E-state index is 0. The van der Waals surface area contributed by atoms with Crippen LogP contribution < -0.4 is 0 Å². The molecule has 10 heteroatoms. The Kier molecular flexibility index (Phi) is 29.2. The fraction of sp³-hybridized carbons (Fsp3) is 0.387. The summed E-state index contributed by atoms with van der Waals surface area (Å²) in [5.74, 6) is 1.68. The predicted molar refractivity (Wildman–Crippen MR) is 292 cm³/mol. The van der Waals surface area contributed by atoms with Gasteiger partial charge in [0.05, 0.1) is 11.5 Å². The van der Waals surface area contributed by atoms with Gasteiger partial charge in [-0.1, -0.05) is 136 Å². The first-order valence-corrected chi connectivity index (χ1v) is 25.7. The summed E-state index contributed by atoms with van der Waals surface area (Å²) in [6.07, 6.45) is 13.5. The standard InChI is InChI=1S/C19H13N2.C17H17N2.2C13H24O2.2Ir/c1-2-9-16(10-3-1)21-18-12-5-4-8-15(18)14-19(21)17-11-6-7-13-20-17;1-13(2)12-19-16-9-4-3-7-14(16)11-17(19)15-8-5-6-10-18-15;2*1-5-10(6-2)12(14)9-13(15)11(7-3)8-4;;/h1-13H;3-10,13H,12H2,1-2H3;2*9-11,14H,5-8H2,1-4H3;;/q2*-1;;;;. The number of carbonyl (C=O) groups is 2. The van der Waals surface area contributed by atoms with E-state index >= 15 is 0 Å². The summed E-state index contributed by atoms with van der Waals surface area (Å²) in [4.78, 5) is 32.4. The van der Waals surface area contributed by atoms with Crippen LogP contribution in [0.5, 0.6) is 0 Å². The van der Waals surface area contributed by atoms with Crippen molar-refractivity contribution >= 4 is 33.4 Å². The molecule has 72 heavy (non-hydrogen) atoms. The van der Waals surface area contributed by atoms with Gasteiger partial charge >= 0.3 is 0 Å². The quantitative estimate of drug-likeness (QED) is 0.0474. The van der Waals surface area contributed by atoms with Crippen LogP contribution in [0.4, 0.5) is 0 Å². The topological polar surface area (TPSA) is 110 Å². The number of benzene rings is 3. The molecule has 0 aliphatic carbocycles. The zero-order valence-electron chi connectivity index (χ0n) is 44.2. The molecule has 0 saturated heterocycles. The van der Waals surface area contributed by atoms with E-state index in [0.29, 0.717) is 5.92 Å². The van der Waals surface area contributed by atoms with Crippen LogP contribution in [0.25, 0.3) is 50.3 Å². The maximum absolute atomic E-state index is 11.7. The first kappa shape index (κ1) is 62.9. The second kappa shape index (κ2) is 33.5. The van der Waals surface area contributed by atoms with Gasteiger partial charge in [-0.05, 0) is 104 Å². The van der Waals surface area contributed by atoms with Crippen molar-refractivity contribution in [2.24, 2.45) is 29.6 Å². The van der Waals surface area contributed by atoms with E-state index in [9.17, 15) is 19.8 Å². The number of para-hydroxylation sites is 3. The Morgan fingerprint density at radius 2 is 0.875 bits per heavy atom. The number of hydrogen-bond donors (Lipinski definition) is 2. The molecule has 4 aromatic heterocycles. The van der Waals surface area contributed by atoms with E-state index in [0.717, 1.165) is 103 Å². The number of aliphatic hydroxyl groups excluding tert-OH is 2. The Hall–Kier alpha value is -5.24. The minimum absolute atomic E-state index is 0. The van der Waals surface area contributed by atoms with Crippen LogP contribution in [-0.2, 0) is 56.3 Å². The van der Waals surface area contributed by atoms with Gasteiger partial charge in [-0.25, -0.2) is 0 Å². The fourth-order valence-corrected chi connectivity index (χ4v) is 8.55. The van der Waals surface area contributed by atoms with Crippen LogP contribution in [0.1, 0.15) is 121 Å². The molecule has 8 nitrogen and oxygen atoms in total. The number of ketones is 2. The molecule has 0 bridgehead atoms. The van der Waals surface area contributed by atoms with E-state index in [4.69, 9.17) is 0 Å². The van der Waals surface area contributed by atoms with Crippen molar-refractivity contribution in [3.05, 3.63) is 163 Å². The van der Waals surface area contributed by atoms with E-state index in [1.54, 1.807) is 0 Å². The van der Waals surface area contributed by atoms with Crippen LogP contribution in [0.2, 0.25) is 0 Å². The maximum Gasteiger partial charge on any atom is 0.162 e. The SMILES string of the molecule is CC(C)Cn1c(-c2ccccn2)[c-]c2ccccc21.CCC(CC)C(=O)C=C(O)C(CC)CC.CCC(CC)C(=O)C=C(O)C(CC)CC.[Ir].[Ir].[c-]1c(-c2ccccn2)n(-c2ccccc2)c2ccccc12. The molecule has 0 fully saturated rings. The summed E-state index contributed by atoms with van der Waals surface area (Å²) in [5, 5.41) is 21.8. The van der Waals surface area contributed by atoms with Crippen LogP contribution in [0.15, 0.2) is 151 Å². The first-order chi connectivity index (χ1) is 33.9. The molecule has 2 radical (unpaired) electrons. The van der Waals surface area contributed by atoms with Gasteiger partial charge in [-0.2, -0.15) is 0 Å². The summed E-state index contributed by atoms with van der Waals surface area (Å²) < 4.78 is 4.53. The molecule has 0 atom stereocenters. The number of allylic oxidation sites excluding steroid dienone is 4. The average Bonchev–Trinajstić information content (AvgIpc) is 3.95. The van der Waals surface area contributed by atoms with Gasteiger partial charge < -0.3 is 29.3 Å². The Balaban J connectivity index is 0.000000330. The molecular weight excluding hydrogens is 1250 g/mol. The molecule has 3 aromatic carbocycles. The van der Waals surface area contributed by atoms with Gasteiger partial charge in [0.1, 0.15) is 0 Å². The third-order valence-electron chi connectivity index (χ3n) is 12.9. The Labute approximate surface area is 458 Å². The number of rotatable bonds is 19. The number of fused-ring (bicyclic) bond motifs is 2. The Morgan fingerprint density at radius 3 is 1.29 bits per heavy atom. The Bertz CT molecular complexity index is 2630. The van der Waals surface area contributed by atoms with Crippen LogP contribution in [0, 0.1) is 41.7 Å². The van der Waals surface area contributed by atoms with Crippen molar-refractivity contribution in [2.45, 2.75) is 127 Å². The summed E-state index contributed by atoms with van der Waals surface area (Å²) in [6, 6.07) is 45.9. The van der Waals surface area contributed by atoms with Crippen molar-refractivity contribution in [1.82, 2.24) is 19.1 Å². The molecule has 0 spiro atoms. The molecule has 0 unspecified atom stereocenters. The van der Waals surface area contributed by atoms with E-state index in [1.807, 2.05) is 128 Å². The molecule has 7 aromatic rings. The normalized spacial score (nSPS) is 11.4. The second-order valence-corrected chi connectivity index (χ2v) is 18.1. The number of carbonyl (C=O) groups excluding carboxylic acids is 2. The molecule has 0 saturated carbocycles. The summed E-state index contributed by atoms with van der Waals surface area (Å²) in [5.41, 5.74) is 7.48. The molecular formula is C62H78Ir2N4O4-2. The monoisotopic (exact) mass is 1330 g/mol. The number of hydrogen-bond acceptors (Lipinski definition) is 6. The summed E-state index contributed by atoms with van der Waals surface area (Å²) in [7, 11) is 0. The zero-order chi connectivity index (χ0) is 51.0. The van der Waals surface area contributed by atoms with Crippen LogP contribution >= 0.6 is 0 Å². The largest absolute Gasteiger partial charge is 0.512 e. The molecule has 4 heterocycles. The molecule has 0 amide bonds. The average molecular weight is 1330 g/mol. The summed E-state index contributed by atoms with van der Waals surface area (Å²) >= 11 is 0. The van der Waals surface area contributed by atoms with E-state index in [1.165, 1.54) is 17.7 Å². The predicted octanol–water partition coefficient (Wildman–Crippen LogP) is 16.4. The number of aliphatic hydroxyl groups is 2. The van der Waals surface area contributed by atoms with Crippen LogP contribution in [-0.4, -0.2) is 40.9 Å². The molecule has 390 valence electrons. The number of nitrogens with zero attached hydrogens (tertiary/aromatic N) is 4. The van der Waals surface area contributed by atoms with Crippen molar-refractivity contribution in [2.75, 3.05) is 0 Å². The van der Waals surface area contributed by atoms with Gasteiger partial charge in [-0.3, -0.25) is 9.59 Å². The number of aromatic nitrogens is 4. The van der Waals surface area contributed by atoms with Crippen LogP contribution in [0.3, 0.4) is 0 Å². The zero-order valence-corrected chi connectivity index (χ0v) is 49.0. The third-order valence-corrected chi connectivity index (χ3v) is 12.9. The number of pyridine rings is 2. The van der Waals surface area contributed by atoms with E-state index in [-0.39, 0.29) is 87.0 Å². The van der Waals surface area contributed by atoms with Gasteiger partial charge in [-0.15, -0.1) is 47.2 Å². The van der Waals surface area contributed by atoms with Crippen molar-refractivity contribution in [3.8, 4) is 28.5 Å². The van der Waals surface area contributed by atoms with Crippen molar-refractivity contribution in [3.63, 3.8) is 0 Å². The molecule has 2 N–H and O–H groups in total. The fourth-order valence-electron chi connectivity index (χ4n) is 8.55. The molecule has 0 aliphatic rings. The molecule has 7 rings (SSSR count). The maximum atomic E-state index is 11.7. The van der Waals surface area contributed by atoms with Crippen molar-refractivity contribution < 1.29 is 60.0 Å². The molecule has 0 aliphatic heterocycles. The van der Waals surface area contributed by atoms with Crippen molar-refractivity contribution in [1.29, 1.82) is 0 Å². The van der Waals surface area contributed by atoms with Gasteiger partial charge in [0, 0.05) is 112 Å². The summed E-state index contributed by atoms with van der Waals surface area (Å²) in [6.45, 7) is 21.6. The smallest absolute Gasteiger partial charge is 0.162 e. The van der Waals surface area contributed by atoms with E-state index in [2.05, 4.69) is 99.7 Å². The van der Waals surface area contributed by atoms with Gasteiger partial charge in [0.15, 0.2) is 11.6 Å². The van der Waals surface area contributed by atoms with E-state index < -0.39 is 0 Å². The van der Waals surface area contributed by atoms with Gasteiger partial charge in [0.25, 0.3) is 0 Å². The Morgan fingerprint density at radius 1 is 0.500 bits per heavy atom. The first-order valence-electron chi connectivity index (χ1n) is 25.7. The third kappa shape index (κ3) is 18.1. The minimum Gasteiger partial charge on any atom is -0.512 e.